The molecule has 0 saturated carbocycles. The van der Waals surface area contributed by atoms with E-state index in [1.165, 1.54) is 4.31 Å². The third-order valence-corrected chi connectivity index (χ3v) is 7.34. The maximum atomic E-state index is 13.3. The Balaban J connectivity index is 1.62. The van der Waals surface area contributed by atoms with E-state index in [0.717, 1.165) is 5.56 Å². The zero-order valence-corrected chi connectivity index (χ0v) is 17.5. The Morgan fingerprint density at radius 3 is 2.37 bits per heavy atom. The Kier molecular flexibility index (Phi) is 5.42. The summed E-state index contributed by atoms with van der Waals surface area (Å²) in [5.41, 5.74) is 2.03. The van der Waals surface area contributed by atoms with Gasteiger partial charge in [-0.25, -0.2) is 27.2 Å². The minimum absolute atomic E-state index is 0.248. The molecule has 0 N–H and O–H groups in total. The van der Waals surface area contributed by atoms with Crippen LogP contribution in [0.15, 0.2) is 47.4 Å². The quantitative estimate of drug-likeness (QED) is 0.629. The van der Waals surface area contributed by atoms with Crippen LogP contribution in [0.5, 0.6) is 0 Å². The first-order chi connectivity index (χ1) is 14.3. The average molecular weight is 432 g/mol. The molecular weight excluding hydrogens is 410 g/mol. The van der Waals surface area contributed by atoms with Gasteiger partial charge in [0, 0.05) is 31.6 Å². The van der Waals surface area contributed by atoms with Crippen molar-refractivity contribution >= 4 is 26.7 Å². The molecule has 1 aromatic heterocycles. The molecule has 0 spiro atoms. The van der Waals surface area contributed by atoms with Crippen LogP contribution in [0.3, 0.4) is 0 Å². The lowest BCUT2D eigenvalue weighted by Crippen LogP contribution is -2.49. The number of para-hydroxylation sites is 1. The smallest absolute Gasteiger partial charge is 0.297 e. The normalized spacial score (nSPS) is 15.8. The number of anilines is 1. The third kappa shape index (κ3) is 3.75. The van der Waals surface area contributed by atoms with E-state index in [9.17, 15) is 17.2 Å². The lowest BCUT2D eigenvalue weighted by Gasteiger charge is -2.35. The molecule has 4 rings (SSSR count). The van der Waals surface area contributed by atoms with Crippen LogP contribution in [0, 0.1) is 13.8 Å². The molecule has 1 aliphatic heterocycles. The SMILES string of the molecule is Cc1ccc(C)c(S(=O)(=O)N2CCN(c3nc(C(F)F)nc4ccccc34)CC2)c1. The number of halogens is 2. The van der Waals surface area contributed by atoms with E-state index in [1.54, 1.807) is 43.3 Å². The fourth-order valence-electron chi connectivity index (χ4n) is 3.68. The number of aryl methyl sites for hydroxylation is 2. The van der Waals surface area contributed by atoms with Gasteiger partial charge in [0.05, 0.1) is 10.4 Å². The predicted molar refractivity (Wildman–Crippen MR) is 111 cm³/mol. The van der Waals surface area contributed by atoms with E-state index in [2.05, 4.69) is 9.97 Å². The second-order valence-corrected chi connectivity index (χ2v) is 9.29. The van der Waals surface area contributed by atoms with Crippen LogP contribution in [-0.2, 0) is 10.0 Å². The Morgan fingerprint density at radius 2 is 1.67 bits per heavy atom. The van der Waals surface area contributed by atoms with Crippen molar-refractivity contribution in [2.45, 2.75) is 25.2 Å². The van der Waals surface area contributed by atoms with E-state index in [0.29, 0.717) is 40.3 Å². The van der Waals surface area contributed by atoms with Gasteiger partial charge in [-0.2, -0.15) is 4.31 Å². The topological polar surface area (TPSA) is 66.4 Å². The molecule has 1 aliphatic rings. The second kappa shape index (κ2) is 7.88. The summed E-state index contributed by atoms with van der Waals surface area (Å²) in [6.45, 7) is 4.84. The number of fused-ring (bicyclic) bond motifs is 1. The minimum atomic E-state index is -3.63. The Bertz CT molecular complexity index is 1190. The first-order valence-corrected chi connectivity index (χ1v) is 11.1. The number of rotatable bonds is 4. The molecular formula is C21H22F2N4O2S. The average Bonchev–Trinajstić information content (AvgIpc) is 2.74. The zero-order valence-electron chi connectivity index (χ0n) is 16.7. The van der Waals surface area contributed by atoms with Gasteiger partial charge < -0.3 is 4.90 Å². The third-order valence-electron chi connectivity index (χ3n) is 5.30. The number of aromatic nitrogens is 2. The first kappa shape index (κ1) is 20.6. The highest BCUT2D eigenvalue weighted by Crippen LogP contribution is 2.29. The molecule has 0 unspecified atom stereocenters. The maximum absolute atomic E-state index is 13.3. The molecule has 2 heterocycles. The number of alkyl halides is 2. The standard InChI is InChI=1S/C21H22F2N4O2S/c1-14-7-8-15(2)18(13-14)30(28,29)27-11-9-26(10-12-27)21-16-5-3-4-6-17(16)24-20(25-21)19(22)23/h3-8,13,19H,9-12H2,1-2H3. The van der Waals surface area contributed by atoms with Gasteiger partial charge in [-0.15, -0.1) is 0 Å². The van der Waals surface area contributed by atoms with Gasteiger partial charge in [0.1, 0.15) is 5.82 Å². The predicted octanol–water partition coefficient (Wildman–Crippen LogP) is 3.70. The van der Waals surface area contributed by atoms with Crippen LogP contribution in [0.1, 0.15) is 23.4 Å². The van der Waals surface area contributed by atoms with E-state index in [-0.39, 0.29) is 13.1 Å². The number of sulfonamides is 1. The van der Waals surface area contributed by atoms with Crippen molar-refractivity contribution in [2.75, 3.05) is 31.1 Å². The molecule has 0 atom stereocenters. The van der Waals surface area contributed by atoms with Gasteiger partial charge in [-0.05, 0) is 43.2 Å². The number of benzene rings is 2. The lowest BCUT2D eigenvalue weighted by molar-refractivity contribution is 0.141. The van der Waals surface area contributed by atoms with Crippen LogP contribution in [0.2, 0.25) is 0 Å². The first-order valence-electron chi connectivity index (χ1n) is 9.64. The number of hydrogen-bond acceptors (Lipinski definition) is 5. The van der Waals surface area contributed by atoms with Crippen molar-refractivity contribution in [3.8, 4) is 0 Å². The summed E-state index contributed by atoms with van der Waals surface area (Å²) in [5, 5.41) is 0.674. The molecule has 30 heavy (non-hydrogen) atoms. The van der Waals surface area contributed by atoms with Gasteiger partial charge in [-0.1, -0.05) is 24.3 Å². The number of hydrogen-bond donors (Lipinski definition) is 0. The fourth-order valence-corrected chi connectivity index (χ4v) is 5.41. The summed E-state index contributed by atoms with van der Waals surface area (Å²) in [6.07, 6.45) is -2.78. The Hall–Kier alpha value is -2.65. The molecule has 1 fully saturated rings. The van der Waals surface area contributed by atoms with Crippen molar-refractivity contribution in [3.05, 3.63) is 59.4 Å². The van der Waals surface area contributed by atoms with Crippen LogP contribution < -0.4 is 4.90 Å². The summed E-state index contributed by atoms with van der Waals surface area (Å²) in [5.74, 6) is -0.103. The van der Waals surface area contributed by atoms with Crippen molar-refractivity contribution in [1.29, 1.82) is 0 Å². The Labute approximate surface area is 174 Å². The van der Waals surface area contributed by atoms with E-state index >= 15 is 0 Å². The van der Waals surface area contributed by atoms with Crippen LogP contribution >= 0.6 is 0 Å². The molecule has 0 aliphatic carbocycles. The second-order valence-electron chi connectivity index (χ2n) is 7.38. The summed E-state index contributed by atoms with van der Waals surface area (Å²) < 4.78 is 54.3. The Morgan fingerprint density at radius 1 is 0.967 bits per heavy atom. The molecule has 0 radical (unpaired) electrons. The van der Waals surface area contributed by atoms with Gasteiger partial charge in [0.25, 0.3) is 6.43 Å². The zero-order chi connectivity index (χ0) is 21.5. The molecule has 6 nitrogen and oxygen atoms in total. The van der Waals surface area contributed by atoms with Gasteiger partial charge in [0.2, 0.25) is 10.0 Å². The lowest BCUT2D eigenvalue weighted by atomic mass is 10.2. The van der Waals surface area contributed by atoms with Gasteiger partial charge >= 0.3 is 0 Å². The monoisotopic (exact) mass is 432 g/mol. The van der Waals surface area contributed by atoms with Crippen molar-refractivity contribution in [3.63, 3.8) is 0 Å². The largest absolute Gasteiger partial charge is 0.353 e. The van der Waals surface area contributed by atoms with Crippen LogP contribution in [-0.4, -0.2) is 48.9 Å². The van der Waals surface area contributed by atoms with Crippen LogP contribution in [0.4, 0.5) is 14.6 Å². The molecule has 0 bridgehead atoms. The molecule has 2 aromatic carbocycles. The number of nitrogens with zero attached hydrogens (tertiary/aromatic N) is 4. The van der Waals surface area contributed by atoms with Crippen molar-refractivity contribution in [2.24, 2.45) is 0 Å². The molecule has 3 aromatic rings. The van der Waals surface area contributed by atoms with E-state index < -0.39 is 22.3 Å². The van der Waals surface area contributed by atoms with E-state index in [4.69, 9.17) is 0 Å². The summed E-state index contributed by atoms with van der Waals surface area (Å²) in [4.78, 5) is 10.2. The summed E-state index contributed by atoms with van der Waals surface area (Å²) >= 11 is 0. The van der Waals surface area contributed by atoms with Gasteiger partial charge in [0.15, 0.2) is 5.82 Å². The summed E-state index contributed by atoms with van der Waals surface area (Å²) in [6, 6.07) is 12.4. The summed E-state index contributed by atoms with van der Waals surface area (Å²) in [7, 11) is -3.63. The van der Waals surface area contributed by atoms with Crippen molar-refractivity contribution < 1.29 is 17.2 Å². The van der Waals surface area contributed by atoms with Crippen molar-refractivity contribution in [1.82, 2.24) is 14.3 Å². The molecule has 158 valence electrons. The highest BCUT2D eigenvalue weighted by atomic mass is 32.2. The molecule has 0 amide bonds. The highest BCUT2D eigenvalue weighted by molar-refractivity contribution is 7.89. The van der Waals surface area contributed by atoms with E-state index in [1.807, 2.05) is 17.9 Å². The molecule has 1 saturated heterocycles. The molecule has 9 heteroatoms. The fraction of sp³-hybridized carbons (Fsp3) is 0.333. The number of piperazine rings is 1. The minimum Gasteiger partial charge on any atom is -0.353 e. The highest BCUT2D eigenvalue weighted by Gasteiger charge is 2.31. The van der Waals surface area contributed by atoms with Gasteiger partial charge in [-0.3, -0.25) is 0 Å². The van der Waals surface area contributed by atoms with Crippen LogP contribution in [0.25, 0.3) is 10.9 Å². The maximum Gasteiger partial charge on any atom is 0.297 e.